The zero-order valence-electron chi connectivity index (χ0n) is 22.8. The molecule has 0 saturated carbocycles. The van der Waals surface area contributed by atoms with Crippen molar-refractivity contribution in [2.75, 3.05) is 9.80 Å². The maximum absolute atomic E-state index is 6.79. The van der Waals surface area contributed by atoms with E-state index in [0.717, 1.165) is 33.9 Å². The third-order valence-corrected chi connectivity index (χ3v) is 8.64. The van der Waals surface area contributed by atoms with Gasteiger partial charge in [-0.1, -0.05) is 103 Å². The molecule has 0 atom stereocenters. The minimum Gasteiger partial charge on any atom is -0.440 e. The fraction of sp³-hybridized carbons (Fsp3) is 0. The van der Waals surface area contributed by atoms with Crippen LogP contribution in [0, 0.1) is 0 Å². The Bertz CT molecular complexity index is 2100. The molecule has 7 aromatic rings. The number of para-hydroxylation sites is 4. The summed E-state index contributed by atoms with van der Waals surface area (Å²) in [6, 6.07) is 54.1. The van der Waals surface area contributed by atoms with Crippen molar-refractivity contribution in [3.63, 3.8) is 0 Å². The molecular formula is C38H25BN2O. The summed E-state index contributed by atoms with van der Waals surface area (Å²) < 4.78 is 6.79. The molecule has 0 saturated heterocycles. The van der Waals surface area contributed by atoms with Crippen molar-refractivity contribution in [3.05, 3.63) is 152 Å². The lowest BCUT2D eigenvalue weighted by Crippen LogP contribution is -2.61. The topological polar surface area (TPSA) is 19.6 Å². The van der Waals surface area contributed by atoms with E-state index in [9.17, 15) is 0 Å². The van der Waals surface area contributed by atoms with Gasteiger partial charge in [-0.2, -0.15) is 0 Å². The molecule has 42 heavy (non-hydrogen) atoms. The van der Waals surface area contributed by atoms with Gasteiger partial charge in [-0.05, 0) is 70.6 Å². The van der Waals surface area contributed by atoms with Crippen LogP contribution in [0.5, 0.6) is 0 Å². The fourth-order valence-corrected chi connectivity index (χ4v) is 6.90. The summed E-state index contributed by atoms with van der Waals surface area (Å²) in [4.78, 5) is 4.77. The highest BCUT2D eigenvalue weighted by atomic mass is 16.4. The van der Waals surface area contributed by atoms with Gasteiger partial charge in [-0.3, -0.25) is 4.90 Å². The molecular weight excluding hydrogens is 511 g/mol. The molecule has 196 valence electrons. The third-order valence-electron chi connectivity index (χ3n) is 8.64. The van der Waals surface area contributed by atoms with E-state index in [2.05, 4.69) is 161 Å². The lowest BCUT2D eigenvalue weighted by atomic mass is 9.33. The molecule has 0 spiro atoms. The van der Waals surface area contributed by atoms with Crippen LogP contribution >= 0.6 is 0 Å². The minimum atomic E-state index is 0.0228. The van der Waals surface area contributed by atoms with Gasteiger partial charge in [-0.15, -0.1) is 0 Å². The molecule has 2 aliphatic heterocycles. The van der Waals surface area contributed by atoms with Crippen molar-refractivity contribution < 1.29 is 4.42 Å². The number of hydrogen-bond donors (Lipinski definition) is 0. The van der Waals surface area contributed by atoms with Crippen LogP contribution in [0.1, 0.15) is 0 Å². The molecule has 9 rings (SSSR count). The van der Waals surface area contributed by atoms with E-state index < -0.39 is 0 Å². The molecule has 0 fully saturated rings. The van der Waals surface area contributed by atoms with Crippen molar-refractivity contribution in [3.8, 4) is 11.1 Å². The maximum Gasteiger partial charge on any atom is 0.257 e. The van der Waals surface area contributed by atoms with Gasteiger partial charge in [0.25, 0.3) is 6.71 Å². The largest absolute Gasteiger partial charge is 0.440 e. The normalized spacial score (nSPS) is 13.1. The Morgan fingerprint density at radius 2 is 1.02 bits per heavy atom. The number of furan rings is 1. The van der Waals surface area contributed by atoms with Gasteiger partial charge in [0.05, 0.1) is 0 Å². The van der Waals surface area contributed by atoms with Crippen molar-refractivity contribution in [1.82, 2.24) is 0 Å². The SMILES string of the molecule is c1ccc(-c2cc3c4c(c2)N(c2ccccc2)c2oc5ccccc5c2B4c2ccccc2N3c2ccccc2)cc1. The summed E-state index contributed by atoms with van der Waals surface area (Å²) >= 11 is 0. The van der Waals surface area contributed by atoms with Gasteiger partial charge < -0.3 is 9.32 Å². The lowest BCUT2D eigenvalue weighted by molar-refractivity contribution is 0.623. The summed E-state index contributed by atoms with van der Waals surface area (Å²) in [6.07, 6.45) is 0. The molecule has 1 aromatic heterocycles. The van der Waals surface area contributed by atoms with Gasteiger partial charge in [0.2, 0.25) is 5.88 Å². The van der Waals surface area contributed by atoms with Crippen LogP contribution in [-0.2, 0) is 0 Å². The summed E-state index contributed by atoms with van der Waals surface area (Å²) in [6.45, 7) is 0.0228. The van der Waals surface area contributed by atoms with Crippen LogP contribution < -0.4 is 26.2 Å². The number of fused-ring (bicyclic) bond motifs is 6. The molecule has 6 aromatic carbocycles. The van der Waals surface area contributed by atoms with Gasteiger partial charge in [-0.25, -0.2) is 0 Å². The molecule has 0 amide bonds. The number of rotatable bonds is 3. The van der Waals surface area contributed by atoms with Crippen molar-refractivity contribution in [2.24, 2.45) is 0 Å². The quantitative estimate of drug-likeness (QED) is 0.212. The zero-order chi connectivity index (χ0) is 27.6. The van der Waals surface area contributed by atoms with Gasteiger partial charge in [0.15, 0.2) is 0 Å². The number of nitrogens with zero attached hydrogens (tertiary/aromatic N) is 2. The van der Waals surface area contributed by atoms with E-state index in [1.54, 1.807) is 0 Å². The highest BCUT2D eigenvalue weighted by molar-refractivity contribution is 7.01. The van der Waals surface area contributed by atoms with Crippen molar-refractivity contribution >= 4 is 68.4 Å². The molecule has 4 heteroatoms. The molecule has 3 nitrogen and oxygen atoms in total. The van der Waals surface area contributed by atoms with E-state index >= 15 is 0 Å². The average Bonchev–Trinajstić information content (AvgIpc) is 3.45. The second-order valence-electron chi connectivity index (χ2n) is 10.9. The van der Waals surface area contributed by atoms with Crippen molar-refractivity contribution in [2.45, 2.75) is 0 Å². The first-order valence-corrected chi connectivity index (χ1v) is 14.4. The first-order chi connectivity index (χ1) is 20.9. The van der Waals surface area contributed by atoms with E-state index in [0.29, 0.717) is 0 Å². The van der Waals surface area contributed by atoms with Crippen LogP contribution in [0.3, 0.4) is 0 Å². The van der Waals surface area contributed by atoms with E-state index in [4.69, 9.17) is 4.42 Å². The molecule has 0 N–H and O–H groups in total. The number of benzene rings is 6. The maximum atomic E-state index is 6.79. The second-order valence-corrected chi connectivity index (χ2v) is 10.9. The first-order valence-electron chi connectivity index (χ1n) is 14.4. The third kappa shape index (κ3) is 3.29. The lowest BCUT2D eigenvalue weighted by Gasteiger charge is -2.42. The van der Waals surface area contributed by atoms with E-state index in [-0.39, 0.29) is 6.71 Å². The van der Waals surface area contributed by atoms with Crippen molar-refractivity contribution in [1.29, 1.82) is 0 Å². The van der Waals surface area contributed by atoms with Crippen LogP contribution in [0.15, 0.2) is 156 Å². The summed E-state index contributed by atoms with van der Waals surface area (Å²) in [5.41, 5.74) is 12.8. The van der Waals surface area contributed by atoms with Crippen LogP contribution in [0.25, 0.3) is 22.1 Å². The molecule has 0 bridgehead atoms. The smallest absolute Gasteiger partial charge is 0.257 e. The monoisotopic (exact) mass is 536 g/mol. The molecule has 2 aliphatic rings. The highest BCUT2D eigenvalue weighted by Crippen LogP contribution is 2.47. The Labute approximate surface area is 245 Å². The van der Waals surface area contributed by atoms with Crippen LogP contribution in [0.4, 0.5) is 34.3 Å². The number of anilines is 6. The summed E-state index contributed by atoms with van der Waals surface area (Å²) in [7, 11) is 0. The molecule has 0 aliphatic carbocycles. The summed E-state index contributed by atoms with van der Waals surface area (Å²) in [5, 5.41) is 1.16. The van der Waals surface area contributed by atoms with E-state index in [1.165, 1.54) is 38.9 Å². The van der Waals surface area contributed by atoms with Crippen LogP contribution in [-0.4, -0.2) is 6.71 Å². The molecule has 0 radical (unpaired) electrons. The molecule has 0 unspecified atom stereocenters. The highest BCUT2D eigenvalue weighted by Gasteiger charge is 2.46. The first kappa shape index (κ1) is 23.3. The summed E-state index contributed by atoms with van der Waals surface area (Å²) in [5.74, 6) is 0.888. The second kappa shape index (κ2) is 9.02. The van der Waals surface area contributed by atoms with Crippen LogP contribution in [0.2, 0.25) is 0 Å². The van der Waals surface area contributed by atoms with Gasteiger partial charge in [0, 0.05) is 39.3 Å². The Kier molecular flexibility index (Phi) is 4.99. The zero-order valence-corrected chi connectivity index (χ0v) is 22.8. The predicted molar refractivity (Wildman–Crippen MR) is 176 cm³/mol. The Hall–Kier alpha value is -5.48. The van der Waals surface area contributed by atoms with Gasteiger partial charge >= 0.3 is 0 Å². The average molecular weight is 536 g/mol. The van der Waals surface area contributed by atoms with Gasteiger partial charge in [0.1, 0.15) is 5.58 Å². The van der Waals surface area contributed by atoms with E-state index in [1.807, 2.05) is 0 Å². The Balaban J connectivity index is 1.45. The fourth-order valence-electron chi connectivity index (χ4n) is 6.90. The number of hydrogen-bond acceptors (Lipinski definition) is 3. The Morgan fingerprint density at radius 3 is 1.76 bits per heavy atom. The predicted octanol–water partition coefficient (Wildman–Crippen LogP) is 8.18. The minimum absolute atomic E-state index is 0.0228. The molecule has 3 heterocycles. The Morgan fingerprint density at radius 1 is 0.452 bits per heavy atom. The standard InChI is InChI=1S/C38H25BN2O/c1-4-14-26(15-5-1)27-24-33-37-34(25-27)41(29-18-8-3-9-19-29)38-36(30-20-10-13-23-35(30)42-38)39(37)31-21-11-12-22-32(31)40(33)28-16-6-2-7-17-28/h1-25H.